The molecule has 13 heteroatoms. The SMILES string of the molecule is CC[C@H](C)N1Cc2cc(-c3sc(Nc4cccc(N5CC=COC5=O)n4)nc3C)cc(S(=O)(=O)NC)c2C1=O. The number of aryl methyl sites for hydroxylation is 1. The van der Waals surface area contributed by atoms with E-state index in [0.717, 1.165) is 11.3 Å². The van der Waals surface area contributed by atoms with Gasteiger partial charge in [-0.25, -0.2) is 27.9 Å². The molecule has 0 unspecified atom stereocenters. The molecule has 0 bridgehead atoms. The Balaban J connectivity index is 1.49. The van der Waals surface area contributed by atoms with Crippen molar-refractivity contribution in [3.05, 3.63) is 59.5 Å². The van der Waals surface area contributed by atoms with Gasteiger partial charge in [-0.15, -0.1) is 0 Å². The predicted octanol–water partition coefficient (Wildman–Crippen LogP) is 4.39. The third-order valence-corrected chi connectivity index (χ3v) is 9.32. The minimum Gasteiger partial charge on any atom is -0.418 e. The van der Waals surface area contributed by atoms with Crippen molar-refractivity contribution >= 4 is 50.1 Å². The molecule has 39 heavy (non-hydrogen) atoms. The summed E-state index contributed by atoms with van der Waals surface area (Å²) in [4.78, 5) is 38.3. The number of benzene rings is 1. The molecule has 11 nitrogen and oxygen atoms in total. The quantitative estimate of drug-likeness (QED) is 0.409. The number of fused-ring (bicyclic) bond motifs is 1. The summed E-state index contributed by atoms with van der Waals surface area (Å²) in [5, 5.41) is 3.73. The lowest BCUT2D eigenvalue weighted by Crippen LogP contribution is -2.33. The Morgan fingerprint density at radius 2 is 2.00 bits per heavy atom. The van der Waals surface area contributed by atoms with Crippen LogP contribution in [0.3, 0.4) is 0 Å². The summed E-state index contributed by atoms with van der Waals surface area (Å²) in [7, 11) is -2.57. The van der Waals surface area contributed by atoms with Gasteiger partial charge in [0.2, 0.25) is 10.0 Å². The minimum atomic E-state index is -3.90. The smallest absolute Gasteiger partial charge is 0.418 e. The number of hydrogen-bond donors (Lipinski definition) is 2. The number of nitrogens with one attached hydrogen (secondary N) is 2. The van der Waals surface area contributed by atoms with Gasteiger partial charge >= 0.3 is 6.09 Å². The van der Waals surface area contributed by atoms with Crippen molar-refractivity contribution in [2.45, 2.75) is 44.7 Å². The van der Waals surface area contributed by atoms with Crippen molar-refractivity contribution in [1.82, 2.24) is 19.6 Å². The van der Waals surface area contributed by atoms with E-state index in [-0.39, 0.29) is 22.4 Å². The van der Waals surface area contributed by atoms with Crippen LogP contribution in [0.5, 0.6) is 0 Å². The lowest BCUT2D eigenvalue weighted by atomic mass is 10.0. The fraction of sp³-hybridized carbons (Fsp3) is 0.308. The molecular weight excluding hydrogens is 540 g/mol. The molecule has 0 aliphatic carbocycles. The predicted molar refractivity (Wildman–Crippen MR) is 149 cm³/mol. The van der Waals surface area contributed by atoms with E-state index < -0.39 is 16.1 Å². The molecule has 0 fully saturated rings. The molecule has 2 amide bonds. The number of sulfonamides is 1. The van der Waals surface area contributed by atoms with Crippen molar-refractivity contribution in [3.8, 4) is 10.4 Å². The Morgan fingerprint density at radius 1 is 1.21 bits per heavy atom. The van der Waals surface area contributed by atoms with Crippen molar-refractivity contribution in [2.24, 2.45) is 0 Å². The maximum absolute atomic E-state index is 13.2. The van der Waals surface area contributed by atoms with E-state index in [0.29, 0.717) is 46.7 Å². The van der Waals surface area contributed by atoms with E-state index in [1.165, 1.54) is 29.5 Å². The van der Waals surface area contributed by atoms with Gasteiger partial charge in [-0.05, 0) is 68.8 Å². The summed E-state index contributed by atoms with van der Waals surface area (Å²) in [6.45, 7) is 6.48. The molecular formula is C26H28N6O5S2. The Morgan fingerprint density at radius 3 is 2.72 bits per heavy atom. The van der Waals surface area contributed by atoms with Crippen LogP contribution < -0.4 is 14.9 Å². The third-order valence-electron chi connectivity index (χ3n) is 6.76. The number of hydrogen-bond acceptors (Lipinski definition) is 9. The van der Waals surface area contributed by atoms with Gasteiger partial charge in [0, 0.05) is 12.6 Å². The molecule has 2 N–H and O–H groups in total. The molecule has 3 aromatic rings. The molecule has 2 aliphatic heterocycles. The maximum Gasteiger partial charge on any atom is 0.420 e. The van der Waals surface area contributed by atoms with Gasteiger partial charge in [0.1, 0.15) is 11.6 Å². The third kappa shape index (κ3) is 5.00. The van der Waals surface area contributed by atoms with Gasteiger partial charge in [0.15, 0.2) is 5.13 Å². The van der Waals surface area contributed by atoms with Crippen LogP contribution in [0.15, 0.2) is 47.6 Å². The monoisotopic (exact) mass is 568 g/mol. The fourth-order valence-electron chi connectivity index (χ4n) is 4.52. The van der Waals surface area contributed by atoms with Gasteiger partial charge in [-0.1, -0.05) is 24.3 Å². The van der Waals surface area contributed by atoms with Gasteiger partial charge in [0.25, 0.3) is 5.91 Å². The van der Waals surface area contributed by atoms with Crippen LogP contribution in [-0.4, -0.2) is 54.9 Å². The molecule has 2 aliphatic rings. The van der Waals surface area contributed by atoms with E-state index in [1.807, 2.05) is 26.8 Å². The number of aromatic nitrogens is 2. The summed E-state index contributed by atoms with van der Waals surface area (Å²) >= 11 is 1.34. The van der Waals surface area contributed by atoms with Crippen molar-refractivity contribution in [2.75, 3.05) is 23.8 Å². The van der Waals surface area contributed by atoms with Crippen LogP contribution in [0, 0.1) is 6.92 Å². The average Bonchev–Trinajstić information content (AvgIpc) is 3.46. The van der Waals surface area contributed by atoms with Crippen molar-refractivity contribution in [1.29, 1.82) is 0 Å². The first-order chi connectivity index (χ1) is 18.6. The van der Waals surface area contributed by atoms with Gasteiger partial charge in [-0.3, -0.25) is 9.69 Å². The molecule has 204 valence electrons. The highest BCUT2D eigenvalue weighted by Gasteiger charge is 2.36. The number of rotatable bonds is 8. The van der Waals surface area contributed by atoms with E-state index in [4.69, 9.17) is 4.74 Å². The molecule has 0 spiro atoms. The lowest BCUT2D eigenvalue weighted by molar-refractivity contribution is 0.0710. The Bertz CT molecular complexity index is 1600. The molecule has 1 atom stereocenters. The number of amides is 2. The van der Waals surface area contributed by atoms with Crippen LogP contribution >= 0.6 is 11.3 Å². The van der Waals surface area contributed by atoms with Crippen molar-refractivity contribution < 1.29 is 22.7 Å². The summed E-state index contributed by atoms with van der Waals surface area (Å²) in [6.07, 6.45) is 3.32. The second kappa shape index (κ2) is 10.4. The average molecular weight is 569 g/mol. The van der Waals surface area contributed by atoms with E-state index in [1.54, 1.807) is 35.2 Å². The highest BCUT2D eigenvalue weighted by Crippen LogP contribution is 2.39. The summed E-state index contributed by atoms with van der Waals surface area (Å²) in [6, 6.07) is 8.64. The first kappa shape index (κ1) is 26.8. The molecule has 0 radical (unpaired) electrons. The van der Waals surface area contributed by atoms with Crippen LogP contribution in [0.25, 0.3) is 10.4 Å². The lowest BCUT2D eigenvalue weighted by Gasteiger charge is -2.22. The molecule has 2 aromatic heterocycles. The van der Waals surface area contributed by atoms with E-state index in [2.05, 4.69) is 20.0 Å². The zero-order valence-electron chi connectivity index (χ0n) is 21.9. The van der Waals surface area contributed by atoms with Crippen LogP contribution in [0.1, 0.15) is 41.9 Å². The summed E-state index contributed by atoms with van der Waals surface area (Å²) in [5.74, 6) is 0.637. The fourth-order valence-corrected chi connectivity index (χ4v) is 6.47. The molecule has 0 saturated heterocycles. The van der Waals surface area contributed by atoms with Crippen LogP contribution in [0.2, 0.25) is 0 Å². The minimum absolute atomic E-state index is 0.0227. The largest absolute Gasteiger partial charge is 0.420 e. The second-order valence-corrected chi connectivity index (χ2v) is 12.1. The molecule has 5 rings (SSSR count). The van der Waals surface area contributed by atoms with Gasteiger partial charge in [-0.2, -0.15) is 0 Å². The maximum atomic E-state index is 13.2. The second-order valence-electron chi connectivity index (χ2n) is 9.21. The Hall–Kier alpha value is -3.81. The number of carbonyl (C=O) groups is 2. The van der Waals surface area contributed by atoms with Crippen LogP contribution in [-0.2, 0) is 21.3 Å². The number of thiazole rings is 1. The van der Waals surface area contributed by atoms with Gasteiger partial charge in [0.05, 0.1) is 33.8 Å². The topological polar surface area (TPSA) is 134 Å². The van der Waals surface area contributed by atoms with Crippen LogP contribution in [0.4, 0.5) is 21.6 Å². The standard InChI is InChI=1S/C26H28N6O5S2/c1-5-15(2)32-14-18-12-17(13-19(22(18)24(32)33)39(35,36)27-4)23-16(3)28-25(38-23)30-20-8-6-9-21(29-20)31-10-7-11-37-26(31)34/h6-9,11-13,15,27H,5,10,14H2,1-4H3,(H,28,29,30)/t15-/m0/s1. The van der Waals surface area contributed by atoms with E-state index in [9.17, 15) is 18.0 Å². The first-order valence-corrected chi connectivity index (χ1v) is 14.7. The zero-order chi connectivity index (χ0) is 27.9. The number of cyclic esters (lactones) is 1. The number of ether oxygens (including phenoxy) is 1. The molecule has 4 heterocycles. The summed E-state index contributed by atoms with van der Waals surface area (Å²) < 4.78 is 33.3. The molecule has 0 saturated carbocycles. The number of nitrogens with zero attached hydrogens (tertiary/aromatic N) is 4. The first-order valence-electron chi connectivity index (χ1n) is 12.4. The highest BCUT2D eigenvalue weighted by molar-refractivity contribution is 7.89. The highest BCUT2D eigenvalue weighted by atomic mass is 32.2. The number of anilines is 3. The summed E-state index contributed by atoms with van der Waals surface area (Å²) in [5.41, 5.74) is 2.25. The number of pyridine rings is 1. The van der Waals surface area contributed by atoms with Crippen molar-refractivity contribution in [3.63, 3.8) is 0 Å². The number of carbonyl (C=O) groups excluding carboxylic acids is 2. The normalized spacial score (nSPS) is 15.9. The Labute approximate surface area is 230 Å². The van der Waals surface area contributed by atoms with E-state index >= 15 is 0 Å². The van der Waals surface area contributed by atoms with Gasteiger partial charge < -0.3 is 15.0 Å². The molecule has 1 aromatic carbocycles. The Kier molecular flexibility index (Phi) is 7.14. The zero-order valence-corrected chi connectivity index (χ0v) is 23.5.